The minimum Gasteiger partial charge on any atom is -0.505 e. The topological polar surface area (TPSA) is 20.2 Å². The summed E-state index contributed by atoms with van der Waals surface area (Å²) in [7, 11) is 0. The minimum absolute atomic E-state index is 0.235. The molecule has 0 aromatic heterocycles. The Balaban J connectivity index is 2.96. The van der Waals surface area contributed by atoms with Gasteiger partial charge in [0.15, 0.2) is 11.6 Å². The van der Waals surface area contributed by atoms with Gasteiger partial charge < -0.3 is 5.11 Å². The smallest absolute Gasteiger partial charge is 0.168 e. The van der Waals surface area contributed by atoms with Crippen LogP contribution in [0, 0.1) is 12.7 Å². The van der Waals surface area contributed by atoms with Gasteiger partial charge in [0.1, 0.15) is 0 Å². The quantitative estimate of drug-likeness (QED) is 0.709. The number of phenolic OH excluding ortho intramolecular Hbond substituents is 1. The summed E-state index contributed by atoms with van der Waals surface area (Å²) in [4.78, 5) is 0. The normalized spacial score (nSPS) is 10.0. The maximum Gasteiger partial charge on any atom is 0.168 e. The minimum atomic E-state index is -0.498. The van der Waals surface area contributed by atoms with E-state index in [0.717, 1.165) is 6.42 Å². The van der Waals surface area contributed by atoms with E-state index < -0.39 is 5.82 Å². The Morgan fingerprint density at radius 3 is 2.85 bits per heavy atom. The monoisotopic (exact) mass is 180 g/mol. The lowest BCUT2D eigenvalue weighted by atomic mass is 10.1. The molecule has 2 heteroatoms. The van der Waals surface area contributed by atoms with Crippen LogP contribution in [0.4, 0.5) is 4.39 Å². The van der Waals surface area contributed by atoms with Crippen molar-refractivity contribution in [3.05, 3.63) is 41.7 Å². The van der Waals surface area contributed by atoms with Crippen LogP contribution in [0.3, 0.4) is 0 Å². The SMILES string of the molecule is C=CCCc1ccc(C)c(O)c1F. The average molecular weight is 180 g/mol. The van der Waals surface area contributed by atoms with Crippen LogP contribution in [0.1, 0.15) is 17.5 Å². The van der Waals surface area contributed by atoms with E-state index in [2.05, 4.69) is 6.58 Å². The second-order valence-electron chi connectivity index (χ2n) is 3.03. The van der Waals surface area contributed by atoms with E-state index in [1.165, 1.54) is 0 Å². The lowest BCUT2D eigenvalue weighted by molar-refractivity contribution is 0.424. The van der Waals surface area contributed by atoms with E-state index in [0.29, 0.717) is 17.5 Å². The summed E-state index contributed by atoms with van der Waals surface area (Å²) in [6.07, 6.45) is 3.04. The Bertz CT molecular complexity index is 318. The van der Waals surface area contributed by atoms with Crippen molar-refractivity contribution in [1.29, 1.82) is 0 Å². The van der Waals surface area contributed by atoms with E-state index in [9.17, 15) is 9.50 Å². The molecule has 1 nitrogen and oxygen atoms in total. The van der Waals surface area contributed by atoms with Crippen molar-refractivity contribution in [2.45, 2.75) is 19.8 Å². The highest BCUT2D eigenvalue weighted by atomic mass is 19.1. The van der Waals surface area contributed by atoms with Crippen LogP contribution in [-0.2, 0) is 6.42 Å². The fraction of sp³-hybridized carbons (Fsp3) is 0.273. The first kappa shape index (κ1) is 9.78. The summed E-state index contributed by atoms with van der Waals surface area (Å²) in [5, 5.41) is 9.29. The summed E-state index contributed by atoms with van der Waals surface area (Å²) in [5.41, 5.74) is 1.11. The predicted molar refractivity (Wildman–Crippen MR) is 51.3 cm³/mol. The van der Waals surface area contributed by atoms with Crippen molar-refractivity contribution in [2.24, 2.45) is 0 Å². The van der Waals surface area contributed by atoms with Gasteiger partial charge in [-0.1, -0.05) is 18.2 Å². The number of aromatic hydroxyl groups is 1. The summed E-state index contributed by atoms with van der Waals surface area (Å²) in [6.45, 7) is 5.24. The molecule has 1 aromatic rings. The molecule has 0 heterocycles. The Morgan fingerprint density at radius 2 is 2.23 bits per heavy atom. The van der Waals surface area contributed by atoms with E-state index in [1.54, 1.807) is 25.1 Å². The Hall–Kier alpha value is -1.31. The molecule has 0 fully saturated rings. The van der Waals surface area contributed by atoms with Crippen molar-refractivity contribution in [1.82, 2.24) is 0 Å². The third-order valence-electron chi connectivity index (χ3n) is 2.02. The van der Waals surface area contributed by atoms with Gasteiger partial charge in [-0.2, -0.15) is 0 Å². The molecule has 0 aliphatic rings. The van der Waals surface area contributed by atoms with Gasteiger partial charge in [-0.3, -0.25) is 0 Å². The number of rotatable bonds is 3. The highest BCUT2D eigenvalue weighted by molar-refractivity contribution is 5.37. The Morgan fingerprint density at radius 1 is 1.54 bits per heavy atom. The molecule has 0 saturated carbocycles. The zero-order valence-electron chi connectivity index (χ0n) is 7.68. The van der Waals surface area contributed by atoms with Crippen molar-refractivity contribution in [3.63, 3.8) is 0 Å². The number of hydrogen-bond acceptors (Lipinski definition) is 1. The van der Waals surface area contributed by atoms with Crippen LogP contribution in [0.15, 0.2) is 24.8 Å². The predicted octanol–water partition coefficient (Wildman–Crippen LogP) is 2.96. The number of hydrogen-bond donors (Lipinski definition) is 1. The second-order valence-corrected chi connectivity index (χ2v) is 3.03. The second kappa shape index (κ2) is 4.08. The van der Waals surface area contributed by atoms with Crippen molar-refractivity contribution in [3.8, 4) is 5.75 Å². The zero-order chi connectivity index (χ0) is 9.84. The number of halogens is 1. The third kappa shape index (κ3) is 2.08. The van der Waals surface area contributed by atoms with Crippen LogP contribution in [-0.4, -0.2) is 5.11 Å². The lowest BCUT2D eigenvalue weighted by Crippen LogP contribution is -1.91. The van der Waals surface area contributed by atoms with Gasteiger partial charge >= 0.3 is 0 Å². The number of benzene rings is 1. The van der Waals surface area contributed by atoms with Gasteiger partial charge in [-0.25, -0.2) is 4.39 Å². The molecule has 0 amide bonds. The maximum atomic E-state index is 13.3. The van der Waals surface area contributed by atoms with E-state index in [1.807, 2.05) is 0 Å². The number of phenols is 1. The molecule has 1 aromatic carbocycles. The summed E-state index contributed by atoms with van der Waals surface area (Å²) < 4.78 is 13.3. The Labute approximate surface area is 77.5 Å². The number of allylic oxidation sites excluding steroid dienone is 1. The molecule has 0 unspecified atom stereocenters. The fourth-order valence-corrected chi connectivity index (χ4v) is 1.15. The van der Waals surface area contributed by atoms with E-state index >= 15 is 0 Å². The van der Waals surface area contributed by atoms with Crippen LogP contribution >= 0.6 is 0 Å². The molecule has 0 aliphatic carbocycles. The lowest BCUT2D eigenvalue weighted by Gasteiger charge is -2.05. The van der Waals surface area contributed by atoms with Gasteiger partial charge in [-0.15, -0.1) is 6.58 Å². The largest absolute Gasteiger partial charge is 0.505 e. The molecule has 0 saturated heterocycles. The van der Waals surface area contributed by atoms with Gasteiger partial charge in [0.25, 0.3) is 0 Å². The fourth-order valence-electron chi connectivity index (χ4n) is 1.15. The highest BCUT2D eigenvalue weighted by Crippen LogP contribution is 2.24. The van der Waals surface area contributed by atoms with E-state index in [-0.39, 0.29) is 5.75 Å². The Kier molecular flexibility index (Phi) is 3.07. The molecule has 0 spiro atoms. The zero-order valence-corrected chi connectivity index (χ0v) is 7.68. The van der Waals surface area contributed by atoms with Crippen molar-refractivity contribution >= 4 is 0 Å². The molecular weight excluding hydrogens is 167 g/mol. The molecule has 13 heavy (non-hydrogen) atoms. The molecule has 0 atom stereocenters. The number of aryl methyl sites for hydroxylation is 2. The molecule has 70 valence electrons. The first-order valence-corrected chi connectivity index (χ1v) is 4.24. The first-order chi connectivity index (χ1) is 6.16. The first-order valence-electron chi connectivity index (χ1n) is 4.24. The van der Waals surface area contributed by atoms with E-state index in [4.69, 9.17) is 0 Å². The van der Waals surface area contributed by atoms with Crippen molar-refractivity contribution in [2.75, 3.05) is 0 Å². The van der Waals surface area contributed by atoms with Crippen molar-refractivity contribution < 1.29 is 9.50 Å². The molecule has 1 N–H and O–H groups in total. The molecule has 0 aliphatic heterocycles. The molecule has 0 bridgehead atoms. The standard InChI is InChI=1S/C11H13FO/c1-3-4-5-9-7-6-8(2)11(13)10(9)12/h3,6-7,13H,1,4-5H2,2H3. The van der Waals surface area contributed by atoms with Gasteiger partial charge in [0.05, 0.1) is 0 Å². The van der Waals surface area contributed by atoms with Crippen LogP contribution in [0.5, 0.6) is 5.75 Å². The van der Waals surface area contributed by atoms with Gasteiger partial charge in [-0.05, 0) is 30.9 Å². The van der Waals surface area contributed by atoms with Gasteiger partial charge in [0, 0.05) is 0 Å². The van der Waals surface area contributed by atoms with Crippen LogP contribution in [0.25, 0.3) is 0 Å². The third-order valence-corrected chi connectivity index (χ3v) is 2.02. The molecular formula is C11H13FO. The van der Waals surface area contributed by atoms with Crippen LogP contribution in [0.2, 0.25) is 0 Å². The average Bonchev–Trinajstić information content (AvgIpc) is 2.13. The summed E-state index contributed by atoms with van der Waals surface area (Å²) >= 11 is 0. The summed E-state index contributed by atoms with van der Waals surface area (Å²) in [6, 6.07) is 3.42. The summed E-state index contributed by atoms with van der Waals surface area (Å²) in [5.74, 6) is -0.733. The van der Waals surface area contributed by atoms with Gasteiger partial charge in [0.2, 0.25) is 0 Å². The molecule has 1 rings (SSSR count). The highest BCUT2D eigenvalue weighted by Gasteiger charge is 2.08. The maximum absolute atomic E-state index is 13.3. The van der Waals surface area contributed by atoms with Crippen LogP contribution < -0.4 is 0 Å². The molecule has 0 radical (unpaired) electrons.